The van der Waals surface area contributed by atoms with E-state index >= 15 is 0 Å². The smallest absolute Gasteiger partial charge is 0.335 e. The third-order valence-corrected chi connectivity index (χ3v) is 9.66. The van der Waals surface area contributed by atoms with Crippen molar-refractivity contribution < 1.29 is 9.90 Å². The van der Waals surface area contributed by atoms with E-state index in [2.05, 4.69) is 26.5 Å². The normalized spacial score (nSPS) is 41.2. The number of hydrogen-bond donors (Lipinski definition) is 1. The number of benzene rings is 1. The number of allylic oxidation sites excluding steroid dienone is 3. The molecule has 2 nitrogen and oxygen atoms in total. The highest BCUT2D eigenvalue weighted by Gasteiger charge is 2.57. The lowest BCUT2D eigenvalue weighted by atomic mass is 9.47. The highest BCUT2D eigenvalue weighted by Crippen LogP contribution is 2.66. The fourth-order valence-corrected chi connectivity index (χ4v) is 7.90. The summed E-state index contributed by atoms with van der Waals surface area (Å²) in [5, 5.41) is 9.64. The molecule has 5 rings (SSSR count). The van der Waals surface area contributed by atoms with Gasteiger partial charge >= 0.3 is 5.97 Å². The lowest BCUT2D eigenvalue weighted by molar-refractivity contribution is -0.0262. The molecule has 6 atom stereocenters. The molecule has 1 aromatic carbocycles. The van der Waals surface area contributed by atoms with Crippen molar-refractivity contribution in [3.8, 4) is 0 Å². The highest BCUT2D eigenvalue weighted by molar-refractivity contribution is 5.89. The van der Waals surface area contributed by atoms with Crippen LogP contribution >= 0.6 is 0 Å². The minimum atomic E-state index is -0.802. The topological polar surface area (TPSA) is 37.3 Å². The number of carboxylic acid groups (broad SMARTS) is 1. The van der Waals surface area contributed by atoms with Crippen LogP contribution in [-0.4, -0.2) is 11.1 Å². The molecular weight excluding hydrogens is 356 g/mol. The van der Waals surface area contributed by atoms with Gasteiger partial charge in [-0.2, -0.15) is 0 Å². The van der Waals surface area contributed by atoms with E-state index < -0.39 is 5.97 Å². The molecule has 0 heterocycles. The van der Waals surface area contributed by atoms with E-state index in [1.54, 1.807) is 11.6 Å². The fourth-order valence-electron chi connectivity index (χ4n) is 7.90. The first-order valence-corrected chi connectivity index (χ1v) is 11.6. The summed E-state index contributed by atoms with van der Waals surface area (Å²) in [4.78, 5) is 11.7. The number of carboxylic acids is 1. The first kappa shape index (κ1) is 19.2. The van der Waals surface area contributed by atoms with Gasteiger partial charge in [0.1, 0.15) is 0 Å². The zero-order chi connectivity index (χ0) is 20.4. The lowest BCUT2D eigenvalue weighted by Crippen LogP contribution is -2.49. The van der Waals surface area contributed by atoms with Crippen molar-refractivity contribution >= 4 is 5.97 Å². The number of carbonyl (C=O) groups is 1. The Kier molecular flexibility index (Phi) is 4.35. The summed E-state index contributed by atoms with van der Waals surface area (Å²) in [7, 11) is 0. The Hall–Kier alpha value is -1.83. The molecule has 4 aliphatic carbocycles. The van der Waals surface area contributed by atoms with E-state index in [-0.39, 0.29) is 5.92 Å². The predicted octanol–water partition coefficient (Wildman–Crippen LogP) is 6.99. The van der Waals surface area contributed by atoms with Gasteiger partial charge in [-0.05, 0) is 91.6 Å². The first-order chi connectivity index (χ1) is 13.8. The van der Waals surface area contributed by atoms with E-state index in [1.165, 1.54) is 50.5 Å². The number of hydrogen-bond acceptors (Lipinski definition) is 1. The number of aromatic carboxylic acids is 1. The molecule has 2 heteroatoms. The van der Waals surface area contributed by atoms with Crippen molar-refractivity contribution in [3.05, 3.63) is 59.2 Å². The molecule has 0 unspecified atom stereocenters. The van der Waals surface area contributed by atoms with Crippen molar-refractivity contribution in [2.75, 3.05) is 0 Å². The van der Waals surface area contributed by atoms with Crippen molar-refractivity contribution in [3.63, 3.8) is 0 Å². The SMILES string of the molecule is C=C1CC[C@H]2[C@@H]3CCC4=C[C@@H](c5ccccc5C(=O)O)CC[C@]4(C)[C@H]3CC[C@]12C. The molecule has 1 N–H and O–H groups in total. The Bertz CT molecular complexity index is 896. The van der Waals surface area contributed by atoms with Crippen LogP contribution in [0.2, 0.25) is 0 Å². The van der Waals surface area contributed by atoms with Crippen molar-refractivity contribution in [2.45, 2.75) is 71.1 Å². The minimum absolute atomic E-state index is 0.252. The summed E-state index contributed by atoms with van der Waals surface area (Å²) in [6, 6.07) is 7.61. The molecule has 1 aromatic rings. The molecule has 3 saturated carbocycles. The third-order valence-electron chi connectivity index (χ3n) is 9.66. The molecule has 0 radical (unpaired) electrons. The van der Waals surface area contributed by atoms with Crippen molar-refractivity contribution in [2.24, 2.45) is 28.6 Å². The Balaban J connectivity index is 1.46. The fraction of sp³-hybridized carbons (Fsp3) is 0.593. The highest BCUT2D eigenvalue weighted by atomic mass is 16.4. The van der Waals surface area contributed by atoms with Gasteiger partial charge in [-0.3, -0.25) is 0 Å². The van der Waals surface area contributed by atoms with E-state index in [1.807, 2.05) is 18.2 Å². The van der Waals surface area contributed by atoms with Crippen LogP contribution in [0.25, 0.3) is 0 Å². The Morgan fingerprint density at radius 1 is 1.00 bits per heavy atom. The van der Waals surface area contributed by atoms with Gasteiger partial charge in [0.05, 0.1) is 5.56 Å². The molecule has 4 aliphatic rings. The van der Waals surface area contributed by atoms with Crippen LogP contribution in [-0.2, 0) is 0 Å². The second kappa shape index (κ2) is 6.59. The Morgan fingerprint density at radius 2 is 1.72 bits per heavy atom. The monoisotopic (exact) mass is 390 g/mol. The molecule has 0 amide bonds. The van der Waals surface area contributed by atoms with Crippen LogP contribution in [0.3, 0.4) is 0 Å². The molecule has 154 valence electrons. The maximum Gasteiger partial charge on any atom is 0.335 e. The van der Waals surface area contributed by atoms with Crippen LogP contribution in [0.1, 0.15) is 87.1 Å². The average Bonchev–Trinajstić information content (AvgIpc) is 3.02. The Labute approximate surface area is 175 Å². The molecular formula is C27H34O2. The van der Waals surface area contributed by atoms with Gasteiger partial charge < -0.3 is 5.11 Å². The zero-order valence-electron chi connectivity index (χ0n) is 17.9. The van der Waals surface area contributed by atoms with Crippen molar-refractivity contribution in [1.82, 2.24) is 0 Å². The Morgan fingerprint density at radius 3 is 2.52 bits per heavy atom. The lowest BCUT2D eigenvalue weighted by Gasteiger charge is -2.58. The second-order valence-electron chi connectivity index (χ2n) is 10.7. The van der Waals surface area contributed by atoms with Gasteiger partial charge in [-0.15, -0.1) is 0 Å². The van der Waals surface area contributed by atoms with E-state index in [4.69, 9.17) is 0 Å². The van der Waals surface area contributed by atoms with Gasteiger partial charge in [0.25, 0.3) is 0 Å². The molecule has 3 fully saturated rings. The summed E-state index contributed by atoms with van der Waals surface area (Å²) in [5.74, 6) is 1.92. The molecule has 0 aliphatic heterocycles. The summed E-state index contributed by atoms with van der Waals surface area (Å²) in [6.45, 7) is 9.48. The van der Waals surface area contributed by atoms with Gasteiger partial charge in [-0.1, -0.05) is 55.8 Å². The third kappa shape index (κ3) is 2.71. The molecule has 0 bridgehead atoms. The molecule has 29 heavy (non-hydrogen) atoms. The van der Waals surface area contributed by atoms with E-state index in [0.29, 0.717) is 16.4 Å². The summed E-state index contributed by atoms with van der Waals surface area (Å²) in [6.07, 6.45) is 12.5. The first-order valence-electron chi connectivity index (χ1n) is 11.6. The summed E-state index contributed by atoms with van der Waals surface area (Å²) in [5.41, 5.74) is 5.31. The summed E-state index contributed by atoms with van der Waals surface area (Å²) >= 11 is 0. The van der Waals surface area contributed by atoms with Gasteiger partial charge in [-0.25, -0.2) is 4.79 Å². The molecule has 0 saturated heterocycles. The quantitative estimate of drug-likeness (QED) is 0.553. The van der Waals surface area contributed by atoms with Crippen LogP contribution < -0.4 is 0 Å². The standard InChI is InChI=1S/C27H34O2/c1-17-8-11-23-22-10-9-19-16-18(20-6-4-5-7-21(20)25(28)29)12-14-27(19,3)24(22)13-15-26(17,23)2/h4-7,16,18,22-24H,1,8-15H2,2-3H3,(H,28,29)/t18-,22-,23-,24-,26+,27-/m0/s1. The van der Waals surface area contributed by atoms with Crippen LogP contribution in [0, 0.1) is 28.6 Å². The van der Waals surface area contributed by atoms with Crippen molar-refractivity contribution in [1.29, 1.82) is 0 Å². The maximum atomic E-state index is 11.7. The predicted molar refractivity (Wildman–Crippen MR) is 117 cm³/mol. The number of rotatable bonds is 2. The van der Waals surface area contributed by atoms with Crippen LogP contribution in [0.5, 0.6) is 0 Å². The molecule has 0 aromatic heterocycles. The average molecular weight is 391 g/mol. The van der Waals surface area contributed by atoms with Gasteiger partial charge in [0.2, 0.25) is 0 Å². The largest absolute Gasteiger partial charge is 0.478 e. The van der Waals surface area contributed by atoms with Gasteiger partial charge in [0.15, 0.2) is 0 Å². The van der Waals surface area contributed by atoms with E-state index in [0.717, 1.165) is 29.7 Å². The number of fused-ring (bicyclic) bond motifs is 5. The zero-order valence-corrected chi connectivity index (χ0v) is 17.9. The van der Waals surface area contributed by atoms with E-state index in [9.17, 15) is 9.90 Å². The van der Waals surface area contributed by atoms with Gasteiger partial charge in [0, 0.05) is 5.92 Å². The van der Waals surface area contributed by atoms with Crippen LogP contribution in [0.15, 0.2) is 48.1 Å². The molecule has 0 spiro atoms. The minimum Gasteiger partial charge on any atom is -0.478 e. The second-order valence-corrected chi connectivity index (χ2v) is 10.7. The maximum absolute atomic E-state index is 11.7. The van der Waals surface area contributed by atoms with Crippen LogP contribution in [0.4, 0.5) is 0 Å². The summed E-state index contributed by atoms with van der Waals surface area (Å²) < 4.78 is 0.